The van der Waals surface area contributed by atoms with Crippen molar-refractivity contribution in [3.05, 3.63) is 65.2 Å². The third kappa shape index (κ3) is 6.42. The molecule has 0 saturated heterocycles. The lowest BCUT2D eigenvalue weighted by Crippen LogP contribution is -2.30. The Morgan fingerprint density at radius 1 is 0.929 bits per heavy atom. The Balaban J connectivity index is 1.77. The van der Waals surface area contributed by atoms with E-state index in [9.17, 15) is 14.4 Å². The summed E-state index contributed by atoms with van der Waals surface area (Å²) >= 11 is 0. The maximum atomic E-state index is 12.1. The van der Waals surface area contributed by atoms with E-state index in [1.807, 2.05) is 13.8 Å². The molecular formula is C21H23NO6. The lowest BCUT2D eigenvalue weighted by atomic mass is 10.1. The zero-order chi connectivity index (χ0) is 20.5. The zero-order valence-corrected chi connectivity index (χ0v) is 16.1. The van der Waals surface area contributed by atoms with Crippen molar-refractivity contribution in [2.24, 2.45) is 0 Å². The first-order chi connectivity index (χ1) is 13.4. The Kier molecular flexibility index (Phi) is 7.56. The molecule has 0 aliphatic heterocycles. The SMILES string of the molecule is COC(=O)c1ccc(COC(=O)CNC(=O)c2ccc(OC(C)C)cc2)cc1. The zero-order valence-electron chi connectivity index (χ0n) is 16.1. The Labute approximate surface area is 163 Å². The van der Waals surface area contributed by atoms with Crippen LogP contribution in [0, 0.1) is 0 Å². The summed E-state index contributed by atoms with van der Waals surface area (Å²) in [5, 5.41) is 2.51. The lowest BCUT2D eigenvalue weighted by molar-refractivity contribution is -0.143. The summed E-state index contributed by atoms with van der Waals surface area (Å²) < 4.78 is 15.2. The number of benzene rings is 2. The van der Waals surface area contributed by atoms with Crippen molar-refractivity contribution in [2.75, 3.05) is 13.7 Å². The standard InChI is InChI=1S/C21H23NO6/c1-14(2)28-18-10-8-16(9-11-18)20(24)22-12-19(23)27-13-15-4-6-17(7-5-15)21(25)26-3/h4-11,14H,12-13H2,1-3H3,(H,22,24). The molecule has 0 atom stereocenters. The maximum absolute atomic E-state index is 12.1. The molecule has 0 aromatic heterocycles. The van der Waals surface area contributed by atoms with Gasteiger partial charge in [-0.1, -0.05) is 12.1 Å². The number of carbonyl (C=O) groups excluding carboxylic acids is 3. The minimum absolute atomic E-state index is 0.0391. The topological polar surface area (TPSA) is 90.9 Å². The van der Waals surface area contributed by atoms with E-state index < -0.39 is 11.9 Å². The molecule has 1 N–H and O–H groups in total. The summed E-state index contributed by atoms with van der Waals surface area (Å²) in [6.45, 7) is 3.63. The summed E-state index contributed by atoms with van der Waals surface area (Å²) in [6.07, 6.45) is 0.0473. The molecule has 148 valence electrons. The summed E-state index contributed by atoms with van der Waals surface area (Å²) in [7, 11) is 1.31. The van der Waals surface area contributed by atoms with Crippen LogP contribution in [0.1, 0.15) is 40.1 Å². The van der Waals surface area contributed by atoms with E-state index >= 15 is 0 Å². The van der Waals surface area contributed by atoms with Crippen LogP contribution in [0.25, 0.3) is 0 Å². The van der Waals surface area contributed by atoms with Gasteiger partial charge < -0.3 is 19.5 Å². The number of amides is 1. The Morgan fingerprint density at radius 2 is 1.54 bits per heavy atom. The molecule has 0 aliphatic rings. The highest BCUT2D eigenvalue weighted by molar-refractivity contribution is 5.96. The van der Waals surface area contributed by atoms with Crippen LogP contribution < -0.4 is 10.1 Å². The van der Waals surface area contributed by atoms with Crippen molar-refractivity contribution >= 4 is 17.8 Å². The number of esters is 2. The normalized spacial score (nSPS) is 10.3. The lowest BCUT2D eigenvalue weighted by Gasteiger charge is -2.10. The summed E-state index contributed by atoms with van der Waals surface area (Å²) in [5.41, 5.74) is 1.55. The van der Waals surface area contributed by atoms with Crippen molar-refractivity contribution in [1.82, 2.24) is 5.32 Å². The van der Waals surface area contributed by atoms with Crippen molar-refractivity contribution in [3.63, 3.8) is 0 Å². The molecule has 2 aromatic carbocycles. The first-order valence-corrected chi connectivity index (χ1v) is 8.77. The van der Waals surface area contributed by atoms with Gasteiger partial charge in [0.05, 0.1) is 18.8 Å². The van der Waals surface area contributed by atoms with Crippen LogP contribution in [0.3, 0.4) is 0 Å². The van der Waals surface area contributed by atoms with E-state index in [1.165, 1.54) is 7.11 Å². The number of ether oxygens (including phenoxy) is 3. The number of nitrogens with one attached hydrogen (secondary N) is 1. The van der Waals surface area contributed by atoms with Crippen molar-refractivity contribution in [2.45, 2.75) is 26.6 Å². The minimum atomic E-state index is -0.565. The van der Waals surface area contributed by atoms with Crippen LogP contribution >= 0.6 is 0 Å². The van der Waals surface area contributed by atoms with Crippen molar-refractivity contribution in [3.8, 4) is 5.75 Å². The second kappa shape index (κ2) is 10.1. The van der Waals surface area contributed by atoms with Gasteiger partial charge >= 0.3 is 11.9 Å². The fourth-order valence-electron chi connectivity index (χ4n) is 2.28. The maximum Gasteiger partial charge on any atom is 0.337 e. The number of carbonyl (C=O) groups is 3. The molecule has 0 heterocycles. The largest absolute Gasteiger partial charge is 0.491 e. The summed E-state index contributed by atoms with van der Waals surface area (Å²) in [6, 6.07) is 13.2. The summed E-state index contributed by atoms with van der Waals surface area (Å²) in [4.78, 5) is 35.3. The molecule has 0 fully saturated rings. The molecule has 7 nitrogen and oxygen atoms in total. The highest BCUT2D eigenvalue weighted by atomic mass is 16.5. The molecule has 0 radical (unpaired) electrons. The van der Waals surface area contributed by atoms with Gasteiger partial charge in [-0.2, -0.15) is 0 Å². The first kappa shape index (κ1) is 21.0. The van der Waals surface area contributed by atoms with Crippen LogP contribution in [-0.4, -0.2) is 37.6 Å². The van der Waals surface area contributed by atoms with Crippen LogP contribution in [0.2, 0.25) is 0 Å². The van der Waals surface area contributed by atoms with Gasteiger partial charge in [-0.25, -0.2) is 4.79 Å². The van der Waals surface area contributed by atoms with Gasteiger partial charge in [-0.3, -0.25) is 9.59 Å². The molecule has 0 spiro atoms. The van der Waals surface area contributed by atoms with Crippen LogP contribution in [-0.2, 0) is 20.9 Å². The van der Waals surface area contributed by atoms with Gasteiger partial charge in [0.25, 0.3) is 5.91 Å². The summed E-state index contributed by atoms with van der Waals surface area (Å²) in [5.74, 6) is -0.708. The third-order valence-corrected chi connectivity index (χ3v) is 3.66. The van der Waals surface area contributed by atoms with Gasteiger partial charge in [0.15, 0.2) is 0 Å². The molecule has 2 aromatic rings. The van der Waals surface area contributed by atoms with Crippen molar-refractivity contribution < 1.29 is 28.6 Å². The quantitative estimate of drug-likeness (QED) is 0.703. The molecule has 2 rings (SSSR count). The number of methoxy groups -OCH3 is 1. The van der Waals surface area contributed by atoms with Gasteiger partial charge in [0.1, 0.15) is 18.9 Å². The fraction of sp³-hybridized carbons (Fsp3) is 0.286. The molecule has 0 unspecified atom stereocenters. The highest BCUT2D eigenvalue weighted by Gasteiger charge is 2.10. The third-order valence-electron chi connectivity index (χ3n) is 3.66. The highest BCUT2D eigenvalue weighted by Crippen LogP contribution is 2.13. The van der Waals surface area contributed by atoms with Gasteiger partial charge in [0, 0.05) is 5.56 Å². The van der Waals surface area contributed by atoms with Gasteiger partial charge in [-0.15, -0.1) is 0 Å². The van der Waals surface area contributed by atoms with E-state index in [2.05, 4.69) is 10.1 Å². The second-order valence-electron chi connectivity index (χ2n) is 6.22. The van der Waals surface area contributed by atoms with Gasteiger partial charge in [0.2, 0.25) is 0 Å². The van der Waals surface area contributed by atoms with Crippen LogP contribution in [0.5, 0.6) is 5.75 Å². The fourth-order valence-corrected chi connectivity index (χ4v) is 2.28. The van der Waals surface area contributed by atoms with Crippen LogP contribution in [0.4, 0.5) is 0 Å². The minimum Gasteiger partial charge on any atom is -0.491 e. The Bertz CT molecular complexity index is 812. The van der Waals surface area contributed by atoms with E-state index in [1.54, 1.807) is 48.5 Å². The molecule has 1 amide bonds. The van der Waals surface area contributed by atoms with E-state index in [-0.39, 0.29) is 25.2 Å². The molecular weight excluding hydrogens is 362 g/mol. The average molecular weight is 385 g/mol. The Hall–Kier alpha value is -3.35. The molecule has 28 heavy (non-hydrogen) atoms. The number of rotatable bonds is 8. The first-order valence-electron chi connectivity index (χ1n) is 8.77. The molecule has 0 saturated carbocycles. The van der Waals surface area contributed by atoms with Gasteiger partial charge in [-0.05, 0) is 55.8 Å². The molecule has 0 bridgehead atoms. The smallest absolute Gasteiger partial charge is 0.337 e. The molecule has 7 heteroatoms. The van der Waals surface area contributed by atoms with E-state index in [0.29, 0.717) is 22.4 Å². The number of hydrogen-bond donors (Lipinski definition) is 1. The predicted molar refractivity (Wildman–Crippen MR) is 102 cm³/mol. The Morgan fingerprint density at radius 3 is 2.11 bits per heavy atom. The average Bonchev–Trinajstić information content (AvgIpc) is 2.70. The van der Waals surface area contributed by atoms with E-state index in [4.69, 9.17) is 9.47 Å². The monoisotopic (exact) mass is 385 g/mol. The van der Waals surface area contributed by atoms with Crippen LogP contribution in [0.15, 0.2) is 48.5 Å². The van der Waals surface area contributed by atoms with Crippen molar-refractivity contribution in [1.29, 1.82) is 0 Å². The number of hydrogen-bond acceptors (Lipinski definition) is 6. The second-order valence-corrected chi connectivity index (χ2v) is 6.22. The molecule has 0 aliphatic carbocycles. The predicted octanol–water partition coefficient (Wildman–Crippen LogP) is 2.73. The van der Waals surface area contributed by atoms with E-state index in [0.717, 1.165) is 0 Å².